The van der Waals surface area contributed by atoms with E-state index in [0.29, 0.717) is 5.82 Å². The summed E-state index contributed by atoms with van der Waals surface area (Å²) >= 11 is 1.89. The van der Waals surface area contributed by atoms with Gasteiger partial charge in [-0.3, -0.25) is 0 Å². The van der Waals surface area contributed by atoms with Gasteiger partial charge in [0.05, 0.1) is 11.4 Å². The molecule has 59 heavy (non-hydrogen) atoms. The Kier molecular flexibility index (Phi) is 7.57. The smallest absolute Gasteiger partial charge is 0.160 e. The fourth-order valence-electron chi connectivity index (χ4n) is 9.73. The first-order valence-corrected chi connectivity index (χ1v) is 21.1. The largest absolute Gasteiger partial charge is 0.228 e. The Morgan fingerprint density at radius 3 is 1.97 bits per heavy atom. The summed E-state index contributed by atoms with van der Waals surface area (Å²) in [7, 11) is 0. The Balaban J connectivity index is 1.09. The van der Waals surface area contributed by atoms with Gasteiger partial charge in [-0.2, -0.15) is 0 Å². The van der Waals surface area contributed by atoms with Gasteiger partial charge in [0.15, 0.2) is 5.82 Å². The van der Waals surface area contributed by atoms with Gasteiger partial charge in [0, 0.05) is 47.7 Å². The van der Waals surface area contributed by atoms with Crippen molar-refractivity contribution in [2.45, 2.75) is 12.3 Å². The van der Waals surface area contributed by atoms with Crippen molar-refractivity contribution >= 4 is 53.1 Å². The van der Waals surface area contributed by atoms with Gasteiger partial charge in [-0.25, -0.2) is 9.97 Å². The van der Waals surface area contributed by atoms with Crippen LogP contribution >= 0.6 is 11.3 Å². The van der Waals surface area contributed by atoms with Gasteiger partial charge in [0.1, 0.15) is 0 Å². The first-order valence-electron chi connectivity index (χ1n) is 20.2. The van der Waals surface area contributed by atoms with Crippen molar-refractivity contribution in [1.29, 1.82) is 0 Å². The quantitative estimate of drug-likeness (QED) is 0.163. The van der Waals surface area contributed by atoms with E-state index in [9.17, 15) is 0 Å². The predicted octanol–water partition coefficient (Wildman–Crippen LogP) is 15.2. The molecule has 1 aliphatic carbocycles. The number of fused-ring (bicyclic) bond motifs is 10. The fourth-order valence-corrected chi connectivity index (χ4v) is 11.0. The maximum Gasteiger partial charge on any atom is 0.160 e. The summed E-state index contributed by atoms with van der Waals surface area (Å²) in [6, 6.07) is 72.7. The summed E-state index contributed by atoms with van der Waals surface area (Å²) in [6.45, 7) is 2.37. The van der Waals surface area contributed by atoms with Gasteiger partial charge in [0.2, 0.25) is 0 Å². The van der Waals surface area contributed by atoms with Gasteiger partial charge in [-0.05, 0) is 86.3 Å². The van der Waals surface area contributed by atoms with Gasteiger partial charge in [0.25, 0.3) is 0 Å². The summed E-state index contributed by atoms with van der Waals surface area (Å²) < 4.78 is 2.63. The van der Waals surface area contributed by atoms with Crippen molar-refractivity contribution < 1.29 is 0 Å². The van der Waals surface area contributed by atoms with Crippen molar-refractivity contribution in [3.8, 4) is 56.2 Å². The minimum atomic E-state index is -0.308. The number of nitrogens with zero attached hydrogens (tertiary/aromatic N) is 2. The highest BCUT2D eigenvalue weighted by atomic mass is 32.1. The van der Waals surface area contributed by atoms with E-state index in [-0.39, 0.29) is 5.41 Å². The molecule has 0 saturated carbocycles. The second-order valence-corrected chi connectivity index (χ2v) is 16.8. The molecule has 1 atom stereocenters. The first kappa shape index (κ1) is 33.9. The van der Waals surface area contributed by atoms with E-state index in [1.165, 1.54) is 80.7 Å². The standard InChI is InChI=1S/C56H36N2S/c1-56(39-21-6-3-7-22-39)47-27-12-10-24-42(47)52-43(26-15-28-48(52)56)50-34-49(57-55(58-50)36-17-4-2-5-18-36)38-20-14-19-37(32-38)45-33-46-40-23-9-8-16-35(40)30-31-41(46)54-53(45)44-25-11-13-29-51(44)59-54/h2-34H,1H3. The molecule has 11 aromatic rings. The first-order chi connectivity index (χ1) is 29.1. The van der Waals surface area contributed by atoms with Crippen LogP contribution in [-0.4, -0.2) is 9.97 Å². The molecule has 1 unspecified atom stereocenters. The zero-order chi connectivity index (χ0) is 39.1. The van der Waals surface area contributed by atoms with E-state index < -0.39 is 0 Å². The zero-order valence-electron chi connectivity index (χ0n) is 32.4. The van der Waals surface area contributed by atoms with E-state index in [0.717, 1.165) is 28.1 Å². The Labute approximate surface area is 346 Å². The van der Waals surface area contributed by atoms with E-state index >= 15 is 0 Å². The lowest BCUT2D eigenvalue weighted by molar-refractivity contribution is 0.714. The van der Waals surface area contributed by atoms with Crippen molar-refractivity contribution in [1.82, 2.24) is 9.97 Å². The number of hydrogen-bond acceptors (Lipinski definition) is 3. The molecule has 0 N–H and O–H groups in total. The average Bonchev–Trinajstić information content (AvgIpc) is 3.83. The van der Waals surface area contributed by atoms with E-state index in [1.807, 2.05) is 17.4 Å². The lowest BCUT2D eigenvalue weighted by Crippen LogP contribution is -2.22. The molecule has 0 aliphatic heterocycles. The second kappa shape index (κ2) is 13.2. The van der Waals surface area contributed by atoms with Crippen LogP contribution in [0.5, 0.6) is 0 Å². The minimum absolute atomic E-state index is 0.308. The Morgan fingerprint density at radius 2 is 1.08 bits per heavy atom. The van der Waals surface area contributed by atoms with Crippen molar-refractivity contribution in [2.75, 3.05) is 0 Å². The van der Waals surface area contributed by atoms with Crippen LogP contribution in [0.15, 0.2) is 200 Å². The molecule has 0 amide bonds. The topological polar surface area (TPSA) is 25.8 Å². The molecule has 276 valence electrons. The number of aromatic nitrogens is 2. The van der Waals surface area contributed by atoms with Crippen LogP contribution in [0.25, 0.3) is 97.9 Å². The molecule has 0 bridgehead atoms. The number of thiophene rings is 1. The third-order valence-corrected chi connectivity index (χ3v) is 13.8. The molecule has 1 aliphatic rings. The Bertz CT molecular complexity index is 3460. The second-order valence-electron chi connectivity index (χ2n) is 15.8. The molecule has 0 radical (unpaired) electrons. The van der Waals surface area contributed by atoms with E-state index in [4.69, 9.17) is 9.97 Å². The molecular formula is C56H36N2S. The SMILES string of the molecule is CC1(c2ccccc2)c2ccccc2-c2c(-c3cc(-c4cccc(-c5cc6c7ccccc7ccc6c6sc7ccccc7c56)c4)nc(-c4ccccc4)n3)cccc21. The Morgan fingerprint density at radius 1 is 0.424 bits per heavy atom. The normalized spacial score (nSPS) is 14.6. The number of rotatable bonds is 5. The summed E-state index contributed by atoms with van der Waals surface area (Å²) in [5.41, 5.74) is 13.4. The monoisotopic (exact) mass is 768 g/mol. The van der Waals surface area contributed by atoms with E-state index in [1.54, 1.807) is 0 Å². The third-order valence-electron chi connectivity index (χ3n) is 12.6. The van der Waals surface area contributed by atoms with Crippen LogP contribution < -0.4 is 0 Å². The zero-order valence-corrected chi connectivity index (χ0v) is 33.2. The summed E-state index contributed by atoms with van der Waals surface area (Å²) in [5, 5.41) is 7.70. The van der Waals surface area contributed by atoms with Crippen molar-refractivity contribution in [3.63, 3.8) is 0 Å². The molecule has 2 aromatic heterocycles. The summed E-state index contributed by atoms with van der Waals surface area (Å²) in [4.78, 5) is 10.7. The van der Waals surface area contributed by atoms with Crippen LogP contribution in [0.1, 0.15) is 23.6 Å². The van der Waals surface area contributed by atoms with Crippen LogP contribution in [0.4, 0.5) is 0 Å². The lowest BCUT2D eigenvalue weighted by Gasteiger charge is -2.28. The molecule has 3 heteroatoms. The predicted molar refractivity (Wildman–Crippen MR) is 249 cm³/mol. The van der Waals surface area contributed by atoms with Crippen molar-refractivity contribution in [3.05, 3.63) is 217 Å². The Hall–Kier alpha value is -7.20. The van der Waals surface area contributed by atoms with E-state index in [2.05, 4.69) is 201 Å². The number of hydrogen-bond donors (Lipinski definition) is 0. The van der Waals surface area contributed by atoms with Crippen LogP contribution in [0.2, 0.25) is 0 Å². The van der Waals surface area contributed by atoms with Gasteiger partial charge >= 0.3 is 0 Å². The highest BCUT2D eigenvalue weighted by molar-refractivity contribution is 7.26. The fraction of sp³-hybridized carbons (Fsp3) is 0.0357. The maximum absolute atomic E-state index is 5.37. The minimum Gasteiger partial charge on any atom is -0.228 e. The highest BCUT2D eigenvalue weighted by Gasteiger charge is 2.41. The van der Waals surface area contributed by atoms with Crippen molar-refractivity contribution in [2.24, 2.45) is 0 Å². The highest BCUT2D eigenvalue weighted by Crippen LogP contribution is 2.55. The van der Waals surface area contributed by atoms with Crippen LogP contribution in [0, 0.1) is 0 Å². The number of benzene rings is 9. The van der Waals surface area contributed by atoms with Gasteiger partial charge in [-0.15, -0.1) is 11.3 Å². The molecular weight excluding hydrogens is 733 g/mol. The van der Waals surface area contributed by atoms with Crippen LogP contribution in [0.3, 0.4) is 0 Å². The summed E-state index contributed by atoms with van der Waals surface area (Å²) in [5.74, 6) is 0.710. The maximum atomic E-state index is 5.37. The molecule has 2 nitrogen and oxygen atoms in total. The third kappa shape index (κ3) is 5.18. The van der Waals surface area contributed by atoms with Crippen LogP contribution in [-0.2, 0) is 5.41 Å². The molecule has 0 fully saturated rings. The molecule has 9 aromatic carbocycles. The molecule has 12 rings (SSSR count). The molecule has 2 heterocycles. The summed E-state index contributed by atoms with van der Waals surface area (Å²) in [6.07, 6.45) is 0. The van der Waals surface area contributed by atoms with Gasteiger partial charge < -0.3 is 0 Å². The van der Waals surface area contributed by atoms with Gasteiger partial charge in [-0.1, -0.05) is 176 Å². The lowest BCUT2D eigenvalue weighted by atomic mass is 9.74. The molecule has 0 saturated heterocycles. The molecule has 0 spiro atoms. The average molecular weight is 769 g/mol.